The van der Waals surface area contributed by atoms with Crippen molar-refractivity contribution in [2.24, 2.45) is 5.92 Å². The summed E-state index contributed by atoms with van der Waals surface area (Å²) in [5.41, 5.74) is 6.34. The highest BCUT2D eigenvalue weighted by atomic mass is 16.4. The zero-order valence-corrected chi connectivity index (χ0v) is 18.4. The van der Waals surface area contributed by atoms with E-state index in [0.29, 0.717) is 18.3 Å². The molecule has 5 heteroatoms. The minimum absolute atomic E-state index is 0.306. The highest BCUT2D eigenvalue weighted by molar-refractivity contribution is 5.82. The molecule has 1 fully saturated rings. The molecule has 0 spiro atoms. The van der Waals surface area contributed by atoms with Crippen molar-refractivity contribution in [3.05, 3.63) is 84.6 Å². The molecule has 2 N–H and O–H groups in total. The quantitative estimate of drug-likeness (QED) is 0.347. The molecule has 0 atom stereocenters. The second kappa shape index (κ2) is 9.41. The van der Waals surface area contributed by atoms with Gasteiger partial charge in [-0.05, 0) is 78.5 Å². The van der Waals surface area contributed by atoms with Gasteiger partial charge in [-0.2, -0.15) is 0 Å². The first-order valence-electron chi connectivity index (χ1n) is 11.5. The Morgan fingerprint density at radius 1 is 0.879 bits per heavy atom. The number of aliphatic carboxylic acids is 1. The Bertz CT molecular complexity index is 1250. The summed E-state index contributed by atoms with van der Waals surface area (Å²) in [6, 6.07) is 25.0. The first-order valence-corrected chi connectivity index (χ1v) is 11.5. The van der Waals surface area contributed by atoms with Crippen LogP contribution in [0.25, 0.3) is 22.2 Å². The normalized spacial score (nSPS) is 18.2. The van der Waals surface area contributed by atoms with Gasteiger partial charge in [0, 0.05) is 12.1 Å². The van der Waals surface area contributed by atoms with Crippen LogP contribution in [0.4, 0.5) is 11.5 Å². The number of benzene rings is 3. The Hall–Kier alpha value is -3.73. The lowest BCUT2D eigenvalue weighted by molar-refractivity contribution is -0.138. The van der Waals surface area contributed by atoms with Crippen molar-refractivity contribution in [1.82, 2.24) is 9.97 Å². The van der Waals surface area contributed by atoms with Gasteiger partial charge in [-0.1, -0.05) is 48.5 Å². The lowest BCUT2D eigenvalue weighted by atomic mass is 9.77. The van der Waals surface area contributed by atoms with Crippen LogP contribution in [0.1, 0.15) is 43.6 Å². The standard InChI is InChI=1S/C28H27N3O2/c32-28(33)16-19-6-8-20(9-7-19)21-10-12-22(13-11-21)23-14-15-25-26(17-23)29-18-27(31-25)30-24-4-2-1-3-5-24/h1-5,10-15,17-20H,6-9,16H2,(H,30,31)(H,32,33)/t19-,20-. The van der Waals surface area contributed by atoms with Crippen LogP contribution in [0.5, 0.6) is 0 Å². The number of aromatic nitrogens is 2. The number of anilines is 2. The van der Waals surface area contributed by atoms with E-state index in [1.54, 1.807) is 6.20 Å². The Morgan fingerprint density at radius 2 is 1.61 bits per heavy atom. The van der Waals surface area contributed by atoms with Crippen molar-refractivity contribution in [1.29, 1.82) is 0 Å². The van der Waals surface area contributed by atoms with E-state index in [1.165, 1.54) is 5.56 Å². The van der Waals surface area contributed by atoms with Crippen LogP contribution in [0.15, 0.2) is 79.0 Å². The van der Waals surface area contributed by atoms with Crippen LogP contribution in [0, 0.1) is 5.92 Å². The van der Waals surface area contributed by atoms with E-state index in [2.05, 4.69) is 46.7 Å². The van der Waals surface area contributed by atoms with Crippen LogP contribution in [0.3, 0.4) is 0 Å². The minimum Gasteiger partial charge on any atom is -0.481 e. The summed E-state index contributed by atoms with van der Waals surface area (Å²) >= 11 is 0. The predicted octanol–water partition coefficient (Wildman–Crippen LogP) is 6.79. The largest absolute Gasteiger partial charge is 0.481 e. The molecule has 1 aromatic heterocycles. The molecule has 5 nitrogen and oxygen atoms in total. The Morgan fingerprint density at radius 3 is 2.33 bits per heavy atom. The maximum Gasteiger partial charge on any atom is 0.303 e. The molecule has 1 saturated carbocycles. The summed E-state index contributed by atoms with van der Waals surface area (Å²) in [4.78, 5) is 20.3. The number of carboxylic acid groups (broad SMARTS) is 1. The molecular formula is C28H27N3O2. The van der Waals surface area contributed by atoms with Crippen molar-refractivity contribution in [2.75, 3.05) is 5.32 Å². The Labute approximate surface area is 193 Å². The third-order valence-corrected chi connectivity index (χ3v) is 6.61. The molecule has 1 aliphatic rings. The summed E-state index contributed by atoms with van der Waals surface area (Å²) in [5.74, 6) is 0.915. The smallest absolute Gasteiger partial charge is 0.303 e. The van der Waals surface area contributed by atoms with E-state index in [4.69, 9.17) is 10.1 Å². The van der Waals surface area contributed by atoms with Crippen LogP contribution in [-0.4, -0.2) is 21.0 Å². The number of rotatable bonds is 6. The molecular weight excluding hydrogens is 410 g/mol. The van der Waals surface area contributed by atoms with Gasteiger partial charge < -0.3 is 10.4 Å². The van der Waals surface area contributed by atoms with Gasteiger partial charge in [-0.3, -0.25) is 9.78 Å². The number of fused-ring (bicyclic) bond motifs is 1. The molecule has 0 radical (unpaired) electrons. The van der Waals surface area contributed by atoms with Gasteiger partial charge in [0.25, 0.3) is 0 Å². The minimum atomic E-state index is -0.674. The molecule has 0 amide bonds. The van der Waals surface area contributed by atoms with Gasteiger partial charge in [-0.25, -0.2) is 4.98 Å². The second-order valence-corrected chi connectivity index (χ2v) is 8.89. The lowest BCUT2D eigenvalue weighted by Gasteiger charge is -2.28. The van der Waals surface area contributed by atoms with Crippen LogP contribution in [0.2, 0.25) is 0 Å². The molecule has 5 rings (SSSR count). The lowest BCUT2D eigenvalue weighted by Crippen LogP contribution is -2.16. The summed E-state index contributed by atoms with van der Waals surface area (Å²) in [7, 11) is 0. The fourth-order valence-corrected chi connectivity index (χ4v) is 4.81. The third kappa shape index (κ3) is 5.03. The number of carbonyl (C=O) groups is 1. The molecule has 33 heavy (non-hydrogen) atoms. The predicted molar refractivity (Wildman–Crippen MR) is 132 cm³/mol. The number of nitrogens with one attached hydrogen (secondary N) is 1. The van der Waals surface area contributed by atoms with E-state index < -0.39 is 5.97 Å². The van der Waals surface area contributed by atoms with Crippen molar-refractivity contribution in [2.45, 2.75) is 38.0 Å². The van der Waals surface area contributed by atoms with Gasteiger partial charge in [-0.15, -0.1) is 0 Å². The first-order chi connectivity index (χ1) is 16.1. The zero-order chi connectivity index (χ0) is 22.6. The monoisotopic (exact) mass is 437 g/mol. The maximum absolute atomic E-state index is 11.0. The number of hydrogen-bond donors (Lipinski definition) is 2. The highest BCUT2D eigenvalue weighted by Crippen LogP contribution is 2.37. The molecule has 0 unspecified atom stereocenters. The average Bonchev–Trinajstić information content (AvgIpc) is 2.85. The number of hydrogen-bond acceptors (Lipinski definition) is 4. The summed E-state index contributed by atoms with van der Waals surface area (Å²) < 4.78 is 0. The van der Waals surface area contributed by atoms with Crippen LogP contribution >= 0.6 is 0 Å². The fraction of sp³-hybridized carbons (Fsp3) is 0.250. The number of carboxylic acids is 1. The van der Waals surface area contributed by atoms with Crippen molar-refractivity contribution in [3.8, 4) is 11.1 Å². The molecule has 1 aliphatic carbocycles. The van der Waals surface area contributed by atoms with Crippen molar-refractivity contribution < 1.29 is 9.90 Å². The molecule has 0 bridgehead atoms. The van der Waals surface area contributed by atoms with Gasteiger partial charge in [0.15, 0.2) is 0 Å². The molecule has 3 aromatic carbocycles. The Kier molecular flexibility index (Phi) is 6.03. The Balaban J connectivity index is 1.28. The summed E-state index contributed by atoms with van der Waals surface area (Å²) in [6.07, 6.45) is 6.22. The molecule has 1 heterocycles. The summed E-state index contributed by atoms with van der Waals surface area (Å²) in [6.45, 7) is 0. The maximum atomic E-state index is 11.0. The van der Waals surface area contributed by atoms with Gasteiger partial charge in [0.1, 0.15) is 5.82 Å². The molecule has 0 aliphatic heterocycles. The highest BCUT2D eigenvalue weighted by Gasteiger charge is 2.23. The van der Waals surface area contributed by atoms with Crippen LogP contribution in [-0.2, 0) is 4.79 Å². The molecule has 0 saturated heterocycles. The average molecular weight is 438 g/mol. The zero-order valence-electron chi connectivity index (χ0n) is 18.4. The molecule has 166 valence electrons. The van der Waals surface area contributed by atoms with Crippen LogP contribution < -0.4 is 5.32 Å². The second-order valence-electron chi connectivity index (χ2n) is 8.89. The number of nitrogens with zero attached hydrogens (tertiary/aromatic N) is 2. The van der Waals surface area contributed by atoms with Crippen molar-refractivity contribution in [3.63, 3.8) is 0 Å². The summed E-state index contributed by atoms with van der Waals surface area (Å²) in [5, 5.41) is 12.3. The van der Waals surface area contributed by atoms with Crippen molar-refractivity contribution >= 4 is 28.5 Å². The topological polar surface area (TPSA) is 75.1 Å². The molecule has 4 aromatic rings. The number of para-hydroxylation sites is 1. The van der Waals surface area contributed by atoms with Gasteiger partial charge in [0.2, 0.25) is 0 Å². The third-order valence-electron chi connectivity index (χ3n) is 6.61. The van der Waals surface area contributed by atoms with Gasteiger partial charge >= 0.3 is 5.97 Å². The SMILES string of the molecule is O=C(O)C[C@H]1CC[C@H](c2ccc(-c3ccc4nc(Nc5ccccc5)cnc4c3)cc2)CC1. The fourth-order valence-electron chi connectivity index (χ4n) is 4.81. The first kappa shape index (κ1) is 21.1. The van der Waals surface area contributed by atoms with Gasteiger partial charge in [0.05, 0.1) is 17.2 Å². The van der Waals surface area contributed by atoms with E-state index in [-0.39, 0.29) is 0 Å². The van der Waals surface area contributed by atoms with E-state index >= 15 is 0 Å². The van der Waals surface area contributed by atoms with E-state index in [1.807, 2.05) is 36.4 Å². The van der Waals surface area contributed by atoms with E-state index in [0.717, 1.165) is 59.3 Å². The van der Waals surface area contributed by atoms with E-state index in [9.17, 15) is 4.79 Å².